The largest absolute Gasteiger partial charge is 0.484 e. The van der Waals surface area contributed by atoms with Gasteiger partial charge in [-0.25, -0.2) is 4.79 Å². The van der Waals surface area contributed by atoms with Crippen molar-refractivity contribution in [3.63, 3.8) is 0 Å². The van der Waals surface area contributed by atoms with Crippen molar-refractivity contribution in [2.75, 3.05) is 103 Å². The molecule has 17 heteroatoms. The second-order valence-corrected chi connectivity index (χ2v) is 18.8. The topological polar surface area (TPSA) is 175 Å². The van der Waals surface area contributed by atoms with E-state index in [0.717, 1.165) is 52.9 Å². The number of nitrogens with one attached hydrogen (secondary N) is 3. The van der Waals surface area contributed by atoms with Gasteiger partial charge in [0.2, 0.25) is 5.91 Å². The van der Waals surface area contributed by atoms with Gasteiger partial charge in [-0.1, -0.05) is 41.9 Å². The maximum atomic E-state index is 12.9. The number of anilines is 2. The summed E-state index contributed by atoms with van der Waals surface area (Å²) in [5.74, 6) is 0.136. The number of hydrogen-bond acceptors (Lipinski definition) is 12. The molecule has 1 saturated heterocycles. The van der Waals surface area contributed by atoms with Gasteiger partial charge in [0.25, 0.3) is 11.8 Å². The molecule has 71 heavy (non-hydrogen) atoms. The smallest absolute Gasteiger partial charge is 0.410 e. The Hall–Kier alpha value is -5.75. The molecule has 0 aliphatic carbocycles. The summed E-state index contributed by atoms with van der Waals surface area (Å²) < 4.78 is 39.0. The summed E-state index contributed by atoms with van der Waals surface area (Å²) in [6.45, 7) is 14.4. The molecule has 384 valence electrons. The number of amides is 4. The first-order chi connectivity index (χ1) is 34.3. The Kier molecular flexibility index (Phi) is 21.3. The van der Waals surface area contributed by atoms with E-state index in [-0.39, 0.29) is 48.5 Å². The summed E-state index contributed by atoms with van der Waals surface area (Å²) in [5.41, 5.74) is 5.82. The molecule has 0 aromatic heterocycles. The Bertz CT molecular complexity index is 2310. The van der Waals surface area contributed by atoms with Gasteiger partial charge in [-0.2, -0.15) is 0 Å². The van der Waals surface area contributed by atoms with Crippen LogP contribution in [0, 0.1) is 0 Å². The van der Waals surface area contributed by atoms with E-state index in [1.54, 1.807) is 11.8 Å². The van der Waals surface area contributed by atoms with Gasteiger partial charge in [0.05, 0.1) is 78.2 Å². The van der Waals surface area contributed by atoms with Crippen molar-refractivity contribution in [1.82, 2.24) is 15.5 Å². The molecule has 4 aromatic carbocycles. The number of likely N-dealkylation sites (tertiary alicyclic amines) is 1. The predicted octanol–water partition coefficient (Wildman–Crippen LogP) is 8.39. The molecule has 2 aliphatic heterocycles. The van der Waals surface area contributed by atoms with Crippen LogP contribution in [0.1, 0.15) is 87.4 Å². The fourth-order valence-corrected chi connectivity index (χ4v) is 8.57. The molecule has 16 nitrogen and oxygen atoms in total. The highest BCUT2D eigenvalue weighted by Gasteiger charge is 2.34. The highest BCUT2D eigenvalue weighted by molar-refractivity contribution is 6.30. The molecule has 0 saturated carbocycles. The zero-order chi connectivity index (χ0) is 50.6. The Balaban J connectivity index is 0.736. The second kappa shape index (κ2) is 27.7. The maximum Gasteiger partial charge on any atom is 0.410 e. The van der Waals surface area contributed by atoms with Crippen LogP contribution in [0.2, 0.25) is 5.02 Å². The lowest BCUT2D eigenvalue weighted by Crippen LogP contribution is -2.43. The molecular formula is C54H70ClN5O11. The Labute approximate surface area is 422 Å². The Morgan fingerprint density at radius 1 is 0.704 bits per heavy atom. The molecule has 0 radical (unpaired) electrons. The summed E-state index contributed by atoms with van der Waals surface area (Å²) in [5, 5.41) is 9.98. The van der Waals surface area contributed by atoms with Crippen molar-refractivity contribution in [1.29, 1.82) is 0 Å². The van der Waals surface area contributed by atoms with Gasteiger partial charge in [-0.3, -0.25) is 14.4 Å². The molecule has 0 bridgehead atoms. The number of carbonyl (C=O) groups excluding carboxylic acids is 4. The Morgan fingerprint density at radius 3 is 1.87 bits per heavy atom. The third-order valence-corrected chi connectivity index (χ3v) is 12.0. The lowest BCUT2D eigenvalue weighted by molar-refractivity contribution is -0.123. The molecule has 1 unspecified atom stereocenters. The summed E-state index contributed by atoms with van der Waals surface area (Å²) >= 11 is 6.12. The quantitative estimate of drug-likeness (QED) is 0.0514. The van der Waals surface area contributed by atoms with Gasteiger partial charge in [-0.15, -0.1) is 0 Å². The average molecular weight is 1000 g/mol. The van der Waals surface area contributed by atoms with E-state index < -0.39 is 5.60 Å². The van der Waals surface area contributed by atoms with Gasteiger partial charge in [-0.05, 0) is 130 Å². The molecule has 2 heterocycles. The summed E-state index contributed by atoms with van der Waals surface area (Å²) in [6.07, 6.45) is 2.22. The number of ether oxygens (including phenoxy) is 7. The van der Waals surface area contributed by atoms with Crippen molar-refractivity contribution < 1.29 is 52.3 Å². The van der Waals surface area contributed by atoms with E-state index in [1.807, 2.05) is 111 Å². The molecule has 2 aliphatic rings. The summed E-state index contributed by atoms with van der Waals surface area (Å²) in [7, 11) is 0. The lowest BCUT2D eigenvalue weighted by atomic mass is 9.88. The van der Waals surface area contributed by atoms with Crippen LogP contribution in [0.25, 0.3) is 11.1 Å². The molecule has 6 rings (SSSR count). The fraction of sp³-hybridized carbons (Fsp3) is 0.481. The Morgan fingerprint density at radius 2 is 1.28 bits per heavy atom. The van der Waals surface area contributed by atoms with E-state index in [0.29, 0.717) is 102 Å². The fourth-order valence-electron chi connectivity index (χ4n) is 8.44. The molecule has 4 aromatic rings. The minimum Gasteiger partial charge on any atom is -0.484 e. The summed E-state index contributed by atoms with van der Waals surface area (Å²) in [6, 6.07) is 28.7. The predicted molar refractivity (Wildman–Crippen MR) is 273 cm³/mol. The molecule has 0 spiro atoms. The molecular weight excluding hydrogens is 930 g/mol. The van der Waals surface area contributed by atoms with E-state index in [2.05, 4.69) is 28.9 Å². The normalized spacial score (nSPS) is 16.6. The van der Waals surface area contributed by atoms with Crippen LogP contribution in [-0.2, 0) is 38.0 Å². The molecule has 3 N–H and O–H groups in total. The van der Waals surface area contributed by atoms with Crippen molar-refractivity contribution in [3.8, 4) is 16.9 Å². The first-order valence-electron chi connectivity index (χ1n) is 24.5. The van der Waals surface area contributed by atoms with Gasteiger partial charge in [0, 0.05) is 54.6 Å². The van der Waals surface area contributed by atoms with Gasteiger partial charge in [0.1, 0.15) is 11.4 Å². The minimum absolute atomic E-state index is 0.00456. The van der Waals surface area contributed by atoms with Crippen LogP contribution in [0.4, 0.5) is 16.2 Å². The van der Waals surface area contributed by atoms with Crippen molar-refractivity contribution in [2.24, 2.45) is 0 Å². The lowest BCUT2D eigenvalue weighted by Gasteiger charge is -2.39. The minimum atomic E-state index is -0.550. The van der Waals surface area contributed by atoms with Crippen LogP contribution in [0.3, 0.4) is 0 Å². The van der Waals surface area contributed by atoms with Crippen molar-refractivity contribution in [3.05, 3.63) is 113 Å². The van der Waals surface area contributed by atoms with E-state index in [9.17, 15) is 19.2 Å². The number of rotatable bonds is 26. The van der Waals surface area contributed by atoms with Crippen molar-refractivity contribution >= 4 is 46.8 Å². The highest BCUT2D eigenvalue weighted by Crippen LogP contribution is 2.41. The number of hydrogen-bond donors (Lipinski definition) is 3. The number of benzene rings is 4. The van der Waals surface area contributed by atoms with Crippen LogP contribution >= 0.6 is 11.6 Å². The summed E-state index contributed by atoms with van der Waals surface area (Å²) in [4.78, 5) is 54.1. The van der Waals surface area contributed by atoms with E-state index >= 15 is 0 Å². The van der Waals surface area contributed by atoms with Crippen molar-refractivity contribution in [2.45, 2.75) is 77.6 Å². The maximum absolute atomic E-state index is 12.9. The van der Waals surface area contributed by atoms with E-state index in [1.165, 1.54) is 0 Å². The SMILES string of the molecule is CC(=O)N1c2ccc(-c3ccc(C(=O)NCCOCCOCCOCCOCCOCCNC(=O)COc4ccc(C5CCCN5C(=O)OC(C)(C)C)cc4)cc3)cc2[C@H](Nc2ccc(Cl)cc2)C[C@@H]1C. The number of nitrogens with zero attached hydrogens (tertiary/aromatic N) is 2. The first-order valence-corrected chi connectivity index (χ1v) is 24.9. The molecule has 3 atom stereocenters. The van der Waals surface area contributed by atoms with Gasteiger partial charge >= 0.3 is 6.09 Å². The molecule has 1 fully saturated rings. The monoisotopic (exact) mass is 999 g/mol. The van der Waals surface area contributed by atoms with Gasteiger partial charge in [0.15, 0.2) is 6.61 Å². The zero-order valence-corrected chi connectivity index (χ0v) is 42.4. The van der Waals surface area contributed by atoms with Crippen LogP contribution < -0.4 is 25.6 Å². The first kappa shape index (κ1) is 54.6. The third kappa shape index (κ3) is 17.5. The van der Waals surface area contributed by atoms with E-state index in [4.69, 9.17) is 44.8 Å². The second-order valence-electron chi connectivity index (χ2n) is 18.4. The average Bonchev–Trinajstić information content (AvgIpc) is 3.85. The van der Waals surface area contributed by atoms with Crippen LogP contribution in [-0.4, -0.2) is 133 Å². The number of carbonyl (C=O) groups is 4. The standard InChI is InChI=1S/C54H70ClN5O11/c1-38-35-48(58-45-17-15-44(55)16-18-45)47-36-43(14-21-50(47)60(38)39(2)61)40-8-10-42(11-9-40)52(63)57-23-26-66-28-30-68-32-34-69-33-31-67-29-27-65-25-22-56-51(62)37-70-46-19-12-41(13-20-46)49-7-6-24-59(49)53(64)71-54(3,4)5/h8-21,36,38,48-49,58H,6-7,22-35,37H2,1-5H3,(H,56,62)(H,57,63)/t38-,48+,49?/m0/s1. The highest BCUT2D eigenvalue weighted by atomic mass is 35.5. The molecule has 4 amide bonds. The number of fused-ring (bicyclic) bond motifs is 1. The zero-order valence-electron chi connectivity index (χ0n) is 41.7. The van der Waals surface area contributed by atoms with Crippen LogP contribution in [0.15, 0.2) is 91.0 Å². The third-order valence-electron chi connectivity index (χ3n) is 11.8. The number of halogens is 1. The van der Waals surface area contributed by atoms with Gasteiger partial charge < -0.3 is 58.9 Å². The van der Waals surface area contributed by atoms with Crippen LogP contribution in [0.5, 0.6) is 5.75 Å².